The molecule has 1 heterocycles. The molecule has 0 aliphatic heterocycles. The molecule has 0 fully saturated rings. The van der Waals surface area contributed by atoms with Crippen molar-refractivity contribution in [1.82, 2.24) is 10.3 Å². The van der Waals surface area contributed by atoms with Crippen LogP contribution >= 0.6 is 0 Å². The summed E-state index contributed by atoms with van der Waals surface area (Å²) in [6.07, 6.45) is -0.961. The molecule has 6 nitrogen and oxygen atoms in total. The summed E-state index contributed by atoms with van der Waals surface area (Å²) >= 11 is 0. The highest BCUT2D eigenvalue weighted by Gasteiger charge is 2.23. The molecule has 6 heteroatoms. The fourth-order valence-electron chi connectivity index (χ4n) is 2.07. The molecule has 1 amide bonds. The van der Waals surface area contributed by atoms with Crippen molar-refractivity contribution < 1.29 is 14.3 Å². The number of ether oxygens (including phenoxy) is 1. The Morgan fingerprint density at radius 3 is 2.52 bits per heavy atom. The van der Waals surface area contributed by atoms with Crippen LogP contribution < -0.4 is 10.9 Å². The molecule has 0 spiro atoms. The van der Waals surface area contributed by atoms with Crippen molar-refractivity contribution in [2.24, 2.45) is 0 Å². The molecule has 1 aromatic carbocycles. The fraction of sp³-hybridized carbons (Fsp3) is 0.353. The number of carbonyl (C=O) groups excluding carboxylic acids is 2. The van der Waals surface area contributed by atoms with Gasteiger partial charge in [0, 0.05) is 10.9 Å². The third-order valence-electron chi connectivity index (χ3n) is 3.12. The van der Waals surface area contributed by atoms with Crippen LogP contribution in [0.25, 0.3) is 10.8 Å². The number of hydrogen-bond donors (Lipinski definition) is 2. The Morgan fingerprint density at radius 2 is 1.87 bits per heavy atom. The second kappa shape index (κ2) is 6.24. The van der Waals surface area contributed by atoms with Crippen molar-refractivity contribution in [3.8, 4) is 0 Å². The lowest BCUT2D eigenvalue weighted by Gasteiger charge is -2.23. The Balaban J connectivity index is 2.18. The maximum absolute atomic E-state index is 12.1. The van der Waals surface area contributed by atoms with Crippen molar-refractivity contribution in [3.63, 3.8) is 0 Å². The van der Waals surface area contributed by atoms with E-state index in [2.05, 4.69) is 10.3 Å². The summed E-state index contributed by atoms with van der Waals surface area (Å²) < 4.78 is 5.13. The van der Waals surface area contributed by atoms with Crippen LogP contribution in [-0.2, 0) is 9.53 Å². The maximum atomic E-state index is 12.1. The van der Waals surface area contributed by atoms with Crippen molar-refractivity contribution in [2.75, 3.05) is 0 Å². The zero-order valence-electron chi connectivity index (χ0n) is 13.6. The van der Waals surface area contributed by atoms with Gasteiger partial charge in [-0.2, -0.15) is 0 Å². The highest BCUT2D eigenvalue weighted by molar-refractivity contribution is 5.94. The number of aromatic amines is 1. The number of amides is 1. The van der Waals surface area contributed by atoms with E-state index in [9.17, 15) is 14.4 Å². The monoisotopic (exact) mass is 316 g/mol. The van der Waals surface area contributed by atoms with Gasteiger partial charge in [-0.3, -0.25) is 9.59 Å². The summed E-state index contributed by atoms with van der Waals surface area (Å²) in [5, 5.41) is 3.85. The molecule has 0 aliphatic rings. The molecular weight excluding hydrogens is 296 g/mol. The van der Waals surface area contributed by atoms with Crippen molar-refractivity contribution in [3.05, 3.63) is 46.4 Å². The van der Waals surface area contributed by atoms with Gasteiger partial charge in [0.05, 0.1) is 0 Å². The van der Waals surface area contributed by atoms with Crippen LogP contribution in [0.2, 0.25) is 0 Å². The minimum atomic E-state index is -0.961. The average Bonchev–Trinajstić information content (AvgIpc) is 2.45. The Labute approximate surface area is 133 Å². The number of fused-ring (bicyclic) bond motifs is 1. The van der Waals surface area contributed by atoms with Gasteiger partial charge in [0.15, 0.2) is 6.10 Å². The SMILES string of the molecule is C[C@H](OC(=O)c1cc2ccccc2c(=O)[nH]1)C(=O)NC(C)(C)C. The predicted octanol–water partition coefficient (Wildman–Crippen LogP) is 1.99. The third kappa shape index (κ3) is 4.18. The van der Waals surface area contributed by atoms with Gasteiger partial charge in [-0.05, 0) is 45.2 Å². The van der Waals surface area contributed by atoms with Crippen molar-refractivity contribution in [1.29, 1.82) is 0 Å². The van der Waals surface area contributed by atoms with Gasteiger partial charge >= 0.3 is 5.97 Å². The summed E-state index contributed by atoms with van der Waals surface area (Å²) in [5.41, 5.74) is -0.777. The van der Waals surface area contributed by atoms with Gasteiger partial charge in [0.25, 0.3) is 11.5 Å². The summed E-state index contributed by atoms with van der Waals surface area (Å²) in [7, 11) is 0. The predicted molar refractivity (Wildman–Crippen MR) is 87.3 cm³/mol. The molecule has 2 rings (SSSR count). The number of nitrogens with one attached hydrogen (secondary N) is 2. The molecular formula is C17H20N2O4. The van der Waals surface area contributed by atoms with Crippen LogP contribution in [0.5, 0.6) is 0 Å². The van der Waals surface area contributed by atoms with E-state index < -0.39 is 23.5 Å². The standard InChI is InChI=1S/C17H20N2O4/c1-10(14(20)19-17(2,3)4)23-16(22)13-9-11-7-5-6-8-12(11)15(21)18-13/h5-10H,1-4H3,(H,18,21)(H,19,20)/t10-/m0/s1. The zero-order valence-corrected chi connectivity index (χ0v) is 13.6. The van der Waals surface area contributed by atoms with Crippen LogP contribution in [0.15, 0.2) is 35.1 Å². The Kier molecular flexibility index (Phi) is 4.54. The van der Waals surface area contributed by atoms with E-state index in [0.717, 1.165) is 0 Å². The van der Waals surface area contributed by atoms with Crippen LogP contribution in [0, 0.1) is 0 Å². The lowest BCUT2D eigenvalue weighted by atomic mass is 10.1. The minimum absolute atomic E-state index is 0.0177. The zero-order chi connectivity index (χ0) is 17.2. The van der Waals surface area contributed by atoms with Crippen LogP contribution in [0.3, 0.4) is 0 Å². The smallest absolute Gasteiger partial charge is 0.355 e. The Hall–Kier alpha value is -2.63. The highest BCUT2D eigenvalue weighted by Crippen LogP contribution is 2.11. The number of H-pyrrole nitrogens is 1. The number of benzene rings is 1. The average molecular weight is 316 g/mol. The molecule has 1 atom stereocenters. The van der Waals surface area contributed by atoms with E-state index >= 15 is 0 Å². The number of rotatable bonds is 3. The van der Waals surface area contributed by atoms with Crippen LogP contribution in [-0.4, -0.2) is 28.5 Å². The Morgan fingerprint density at radius 1 is 1.22 bits per heavy atom. The van der Waals surface area contributed by atoms with E-state index in [1.54, 1.807) is 24.3 Å². The second-order valence-corrected chi connectivity index (χ2v) is 6.39. The number of esters is 1. The van der Waals surface area contributed by atoms with Crippen molar-refractivity contribution >= 4 is 22.6 Å². The first kappa shape index (κ1) is 16.7. The summed E-state index contributed by atoms with van der Waals surface area (Å²) in [6, 6.07) is 8.46. The van der Waals surface area contributed by atoms with Gasteiger partial charge < -0.3 is 15.0 Å². The van der Waals surface area contributed by atoms with Gasteiger partial charge in [-0.1, -0.05) is 18.2 Å². The summed E-state index contributed by atoms with van der Waals surface area (Å²) in [4.78, 5) is 38.5. The van der Waals surface area contributed by atoms with E-state index in [1.807, 2.05) is 20.8 Å². The quantitative estimate of drug-likeness (QED) is 0.848. The van der Waals surface area contributed by atoms with Gasteiger partial charge in [0.1, 0.15) is 5.69 Å². The topological polar surface area (TPSA) is 88.3 Å². The Bertz CT molecular complexity index is 802. The summed E-state index contributed by atoms with van der Waals surface area (Å²) in [6.45, 7) is 6.99. The number of pyridine rings is 1. The molecule has 0 radical (unpaired) electrons. The third-order valence-corrected chi connectivity index (χ3v) is 3.12. The van der Waals surface area contributed by atoms with E-state index in [-0.39, 0.29) is 11.3 Å². The second-order valence-electron chi connectivity index (χ2n) is 6.39. The molecule has 0 bridgehead atoms. The fourth-order valence-corrected chi connectivity index (χ4v) is 2.07. The van der Waals surface area contributed by atoms with E-state index in [4.69, 9.17) is 4.74 Å². The lowest BCUT2D eigenvalue weighted by molar-refractivity contribution is -0.130. The van der Waals surface area contributed by atoms with Gasteiger partial charge in [-0.25, -0.2) is 4.79 Å². The van der Waals surface area contributed by atoms with E-state index in [0.29, 0.717) is 10.8 Å². The molecule has 1 aromatic heterocycles. The molecule has 122 valence electrons. The molecule has 2 N–H and O–H groups in total. The first-order valence-corrected chi connectivity index (χ1v) is 7.32. The molecule has 0 unspecified atom stereocenters. The van der Waals surface area contributed by atoms with Crippen LogP contribution in [0.4, 0.5) is 0 Å². The maximum Gasteiger partial charge on any atom is 0.355 e. The lowest BCUT2D eigenvalue weighted by Crippen LogP contribution is -2.46. The highest BCUT2D eigenvalue weighted by atomic mass is 16.5. The molecule has 0 aliphatic carbocycles. The first-order valence-electron chi connectivity index (χ1n) is 7.32. The molecule has 0 saturated heterocycles. The summed E-state index contributed by atoms with van der Waals surface area (Å²) in [5.74, 6) is -1.14. The van der Waals surface area contributed by atoms with Gasteiger partial charge in [0.2, 0.25) is 0 Å². The van der Waals surface area contributed by atoms with Crippen molar-refractivity contribution in [2.45, 2.75) is 39.3 Å². The normalized spacial score (nSPS) is 12.7. The number of carbonyl (C=O) groups is 2. The van der Waals surface area contributed by atoms with Gasteiger partial charge in [-0.15, -0.1) is 0 Å². The molecule has 23 heavy (non-hydrogen) atoms. The number of aromatic nitrogens is 1. The first-order chi connectivity index (χ1) is 10.7. The number of hydrogen-bond acceptors (Lipinski definition) is 4. The van der Waals surface area contributed by atoms with Crippen LogP contribution in [0.1, 0.15) is 38.2 Å². The molecule has 2 aromatic rings. The molecule has 0 saturated carbocycles. The largest absolute Gasteiger partial charge is 0.448 e. The van der Waals surface area contributed by atoms with E-state index in [1.165, 1.54) is 13.0 Å². The minimum Gasteiger partial charge on any atom is -0.448 e.